The molecule has 1 amide bonds. The molecular weight excluding hydrogens is 312 g/mol. The second kappa shape index (κ2) is 5.33. The predicted molar refractivity (Wildman–Crippen MR) is 77.6 cm³/mol. The second-order valence-corrected chi connectivity index (χ2v) is 5.92. The summed E-state index contributed by atoms with van der Waals surface area (Å²) in [6, 6.07) is 7.31. The number of hydrogen-bond acceptors (Lipinski definition) is 3. The van der Waals surface area contributed by atoms with Gasteiger partial charge in [0.05, 0.1) is 11.3 Å². The Bertz CT molecular complexity index is 520. The Morgan fingerprint density at radius 3 is 2.83 bits per heavy atom. The van der Waals surface area contributed by atoms with Crippen molar-refractivity contribution < 1.29 is 4.79 Å². The van der Waals surface area contributed by atoms with E-state index in [2.05, 4.69) is 39.9 Å². The monoisotopic (exact) mass is 324 g/mol. The molecule has 1 N–H and O–H groups in total. The summed E-state index contributed by atoms with van der Waals surface area (Å²) in [5.74, 6) is 0.701. The van der Waals surface area contributed by atoms with E-state index >= 15 is 0 Å². The van der Waals surface area contributed by atoms with E-state index in [4.69, 9.17) is 5.26 Å². The van der Waals surface area contributed by atoms with Gasteiger partial charge in [0.1, 0.15) is 6.07 Å². The molecular formula is C13H13BrN2OS. The number of nitrogens with zero attached hydrogens (tertiary/aromatic N) is 1. The van der Waals surface area contributed by atoms with Gasteiger partial charge in [-0.25, -0.2) is 0 Å². The molecule has 3 nitrogen and oxygen atoms in total. The largest absolute Gasteiger partial charge is 0.325 e. The van der Waals surface area contributed by atoms with Crippen LogP contribution >= 0.6 is 28.6 Å². The van der Waals surface area contributed by atoms with Gasteiger partial charge in [0, 0.05) is 10.9 Å². The molecule has 0 atom stereocenters. The Labute approximate surface area is 120 Å². The average molecular weight is 325 g/mol. The number of halogens is 1. The fraction of sp³-hybridized carbons (Fsp3) is 0.385. The van der Waals surface area contributed by atoms with Gasteiger partial charge < -0.3 is 5.32 Å². The van der Waals surface area contributed by atoms with Crippen molar-refractivity contribution in [2.45, 2.75) is 19.3 Å². The van der Waals surface area contributed by atoms with Crippen LogP contribution in [0.3, 0.4) is 0 Å². The number of benzene rings is 1. The highest BCUT2D eigenvalue weighted by atomic mass is 79.9. The van der Waals surface area contributed by atoms with Gasteiger partial charge in [-0.05, 0) is 42.2 Å². The highest BCUT2D eigenvalue weighted by Gasteiger charge is 2.42. The van der Waals surface area contributed by atoms with Crippen molar-refractivity contribution in [2.24, 2.45) is 5.41 Å². The fourth-order valence-electron chi connectivity index (χ4n) is 1.82. The Morgan fingerprint density at radius 2 is 2.28 bits per heavy atom. The van der Waals surface area contributed by atoms with Gasteiger partial charge in [0.25, 0.3) is 0 Å². The maximum absolute atomic E-state index is 11.9. The molecule has 0 heterocycles. The molecule has 0 saturated heterocycles. The zero-order valence-corrected chi connectivity index (χ0v) is 12.2. The third-order valence-corrected chi connectivity index (χ3v) is 4.37. The number of nitrogens with one attached hydrogen (secondary N) is 1. The Morgan fingerprint density at radius 1 is 1.56 bits per heavy atom. The Hall–Kier alpha value is -0.990. The van der Waals surface area contributed by atoms with Gasteiger partial charge in [-0.1, -0.05) is 15.9 Å². The minimum Gasteiger partial charge on any atom is -0.325 e. The van der Waals surface area contributed by atoms with Crippen molar-refractivity contribution in [3.63, 3.8) is 0 Å². The van der Waals surface area contributed by atoms with E-state index in [0.717, 1.165) is 23.1 Å². The second-order valence-electron chi connectivity index (χ2n) is 4.68. The molecule has 0 spiro atoms. The molecule has 1 aromatic rings. The molecule has 0 aliphatic heterocycles. The third-order valence-electron chi connectivity index (χ3n) is 3.20. The minimum absolute atomic E-state index is 0.0413. The van der Waals surface area contributed by atoms with Crippen LogP contribution in [0.2, 0.25) is 0 Å². The van der Waals surface area contributed by atoms with Crippen LogP contribution in [0, 0.1) is 16.7 Å². The van der Waals surface area contributed by atoms with Crippen LogP contribution in [0.1, 0.15) is 24.8 Å². The highest BCUT2D eigenvalue weighted by Crippen LogP contribution is 2.49. The summed E-state index contributed by atoms with van der Waals surface area (Å²) in [7, 11) is 0. The van der Waals surface area contributed by atoms with Crippen molar-refractivity contribution in [1.29, 1.82) is 5.26 Å². The summed E-state index contributed by atoms with van der Waals surface area (Å²) >= 11 is 7.58. The summed E-state index contributed by atoms with van der Waals surface area (Å²) in [4.78, 5) is 11.9. The van der Waals surface area contributed by atoms with Crippen molar-refractivity contribution in [1.82, 2.24) is 0 Å². The number of amides is 1. The molecule has 0 unspecified atom stereocenters. The first-order chi connectivity index (χ1) is 8.58. The molecule has 1 aliphatic rings. The fourth-order valence-corrected chi connectivity index (χ4v) is 2.61. The molecule has 1 aromatic carbocycles. The number of nitriles is 1. The Balaban J connectivity index is 2.05. The van der Waals surface area contributed by atoms with E-state index in [9.17, 15) is 4.79 Å². The number of thiol groups is 1. The van der Waals surface area contributed by atoms with Crippen LogP contribution in [0.15, 0.2) is 22.7 Å². The number of anilines is 1. The first kappa shape index (κ1) is 13.4. The number of carbonyl (C=O) groups excluding carboxylic acids is 1. The highest BCUT2D eigenvalue weighted by molar-refractivity contribution is 9.10. The van der Waals surface area contributed by atoms with Crippen LogP contribution in [0.25, 0.3) is 0 Å². The van der Waals surface area contributed by atoms with Crippen molar-refractivity contribution in [3.05, 3.63) is 28.2 Å². The van der Waals surface area contributed by atoms with Crippen LogP contribution in [0.5, 0.6) is 0 Å². The summed E-state index contributed by atoms with van der Waals surface area (Å²) in [5.41, 5.74) is 1.13. The Kier molecular flexibility index (Phi) is 3.98. The maximum Gasteiger partial charge on any atom is 0.224 e. The first-order valence-corrected chi connectivity index (χ1v) is 7.11. The van der Waals surface area contributed by atoms with Gasteiger partial charge in [-0.3, -0.25) is 4.79 Å². The standard InChI is InChI=1S/C13H13BrN2OS/c14-10-1-2-11(9(5-10)7-15)16-12(17)6-13(8-18)3-4-13/h1-2,5,18H,3-4,6,8H2,(H,16,17). The van der Waals surface area contributed by atoms with E-state index in [1.807, 2.05) is 6.07 Å². The molecule has 2 rings (SSSR count). The van der Waals surface area contributed by atoms with Crippen LogP contribution < -0.4 is 5.32 Å². The van der Waals surface area contributed by atoms with E-state index in [-0.39, 0.29) is 11.3 Å². The summed E-state index contributed by atoms with van der Waals surface area (Å²) in [6.07, 6.45) is 2.61. The topological polar surface area (TPSA) is 52.9 Å². The lowest BCUT2D eigenvalue weighted by atomic mass is 10.0. The van der Waals surface area contributed by atoms with Crippen LogP contribution in [0.4, 0.5) is 5.69 Å². The molecule has 0 radical (unpaired) electrons. The SMILES string of the molecule is N#Cc1cc(Br)ccc1NC(=O)CC1(CS)CC1. The lowest BCUT2D eigenvalue weighted by Gasteiger charge is -2.12. The van der Waals surface area contributed by atoms with E-state index < -0.39 is 0 Å². The zero-order valence-electron chi connectivity index (χ0n) is 9.74. The molecule has 94 valence electrons. The first-order valence-electron chi connectivity index (χ1n) is 5.69. The van der Waals surface area contributed by atoms with Gasteiger partial charge >= 0.3 is 0 Å². The molecule has 1 saturated carbocycles. The number of rotatable bonds is 4. The molecule has 0 bridgehead atoms. The van der Waals surface area contributed by atoms with Gasteiger partial charge in [0.15, 0.2) is 0 Å². The van der Waals surface area contributed by atoms with Crippen molar-refractivity contribution in [2.75, 3.05) is 11.1 Å². The van der Waals surface area contributed by atoms with Crippen LogP contribution in [-0.4, -0.2) is 11.7 Å². The van der Waals surface area contributed by atoms with Gasteiger partial charge in [0.2, 0.25) is 5.91 Å². The molecule has 5 heteroatoms. The third kappa shape index (κ3) is 3.06. The van der Waals surface area contributed by atoms with E-state index in [1.165, 1.54) is 0 Å². The van der Waals surface area contributed by atoms with Gasteiger partial charge in [-0.15, -0.1) is 0 Å². The molecule has 1 fully saturated rings. The van der Waals surface area contributed by atoms with Gasteiger partial charge in [-0.2, -0.15) is 17.9 Å². The predicted octanol–water partition coefficient (Wildman–Crippen LogP) is 3.36. The molecule has 1 aliphatic carbocycles. The van der Waals surface area contributed by atoms with Crippen LogP contribution in [-0.2, 0) is 4.79 Å². The lowest BCUT2D eigenvalue weighted by molar-refractivity contribution is -0.117. The summed E-state index contributed by atoms with van der Waals surface area (Å²) in [6.45, 7) is 0. The summed E-state index contributed by atoms with van der Waals surface area (Å²) in [5, 5.41) is 11.8. The smallest absolute Gasteiger partial charge is 0.224 e. The van der Waals surface area contributed by atoms with E-state index in [0.29, 0.717) is 17.7 Å². The number of hydrogen-bond donors (Lipinski definition) is 2. The van der Waals surface area contributed by atoms with Crippen molar-refractivity contribution in [3.8, 4) is 6.07 Å². The number of carbonyl (C=O) groups is 1. The summed E-state index contributed by atoms with van der Waals surface area (Å²) < 4.78 is 0.825. The maximum atomic E-state index is 11.9. The van der Waals surface area contributed by atoms with E-state index in [1.54, 1.807) is 12.1 Å². The molecule has 18 heavy (non-hydrogen) atoms. The zero-order chi connectivity index (χ0) is 13.2. The normalized spacial score (nSPS) is 15.8. The lowest BCUT2D eigenvalue weighted by Crippen LogP contribution is -2.18. The minimum atomic E-state index is -0.0413. The average Bonchev–Trinajstić information content (AvgIpc) is 3.11. The van der Waals surface area contributed by atoms with Crippen molar-refractivity contribution >= 4 is 40.2 Å². The molecule has 0 aromatic heterocycles. The quantitative estimate of drug-likeness (QED) is 0.834.